The molecular formula is C20H23F4N5O4. The van der Waals surface area contributed by atoms with E-state index in [1.807, 2.05) is 13.8 Å². The Balaban J connectivity index is 1.50. The van der Waals surface area contributed by atoms with Crippen molar-refractivity contribution in [2.75, 3.05) is 18.4 Å². The van der Waals surface area contributed by atoms with Crippen LogP contribution in [0.3, 0.4) is 0 Å². The lowest BCUT2D eigenvalue weighted by atomic mass is 9.92. The number of alkyl halides is 3. The molecule has 180 valence electrons. The highest BCUT2D eigenvalue weighted by molar-refractivity contribution is 5.65. The summed E-state index contributed by atoms with van der Waals surface area (Å²) in [5.74, 6) is -1.73. The van der Waals surface area contributed by atoms with Gasteiger partial charge in [0.2, 0.25) is 5.95 Å². The number of piperidine rings is 1. The summed E-state index contributed by atoms with van der Waals surface area (Å²) in [6.07, 6.45) is -4.15. The standard InChI is InChI=1S/C20H23F4N5O4/c1-10(2)29-18(32-13-5-6-15(14(21)7-13)33-20(22,23)24)26-17(27-29)25-16-11-3-4-12(16)9-28(8-11)19(30)31/h5-7,10-12,16H,3-4,8-9H2,1-2H3,(H,25,27)(H,30,31)/t11-,12+,16+. The number of amides is 1. The van der Waals surface area contributed by atoms with Crippen molar-refractivity contribution in [1.29, 1.82) is 0 Å². The largest absolute Gasteiger partial charge is 0.573 e. The Morgan fingerprint density at radius 2 is 1.91 bits per heavy atom. The third-order valence-electron chi connectivity index (χ3n) is 5.83. The first-order valence-electron chi connectivity index (χ1n) is 10.4. The van der Waals surface area contributed by atoms with Gasteiger partial charge in [-0.05, 0) is 50.7 Å². The van der Waals surface area contributed by atoms with E-state index in [0.717, 1.165) is 31.0 Å². The molecule has 2 aliphatic rings. The number of fused-ring (bicyclic) bond motifs is 2. The Morgan fingerprint density at radius 3 is 2.45 bits per heavy atom. The zero-order chi connectivity index (χ0) is 23.9. The lowest BCUT2D eigenvalue weighted by Gasteiger charge is -2.36. The summed E-state index contributed by atoms with van der Waals surface area (Å²) < 4.78 is 61.8. The topological polar surface area (TPSA) is 102 Å². The molecule has 1 aliphatic carbocycles. The van der Waals surface area contributed by atoms with E-state index < -0.39 is 24.0 Å². The van der Waals surface area contributed by atoms with Gasteiger partial charge in [0.1, 0.15) is 5.75 Å². The second-order valence-electron chi connectivity index (χ2n) is 8.45. The average Bonchev–Trinajstić information content (AvgIpc) is 3.19. The number of likely N-dealkylation sites (tertiary alicyclic amines) is 1. The van der Waals surface area contributed by atoms with Crippen LogP contribution in [0.15, 0.2) is 18.2 Å². The second-order valence-corrected chi connectivity index (χ2v) is 8.45. The molecule has 1 aliphatic heterocycles. The molecule has 0 spiro atoms. The summed E-state index contributed by atoms with van der Waals surface area (Å²) in [5, 5.41) is 17.0. The van der Waals surface area contributed by atoms with Crippen LogP contribution in [0.1, 0.15) is 32.7 Å². The Morgan fingerprint density at radius 1 is 1.24 bits per heavy atom. The van der Waals surface area contributed by atoms with Crippen LogP contribution >= 0.6 is 0 Å². The molecule has 2 aromatic rings. The molecule has 4 rings (SSSR count). The number of carbonyl (C=O) groups is 1. The number of benzene rings is 1. The number of ether oxygens (including phenoxy) is 2. The van der Waals surface area contributed by atoms with Gasteiger partial charge in [-0.2, -0.15) is 4.98 Å². The van der Waals surface area contributed by atoms with E-state index in [9.17, 15) is 27.5 Å². The normalized spacial score (nSPS) is 22.5. The number of halogens is 4. The van der Waals surface area contributed by atoms with Crippen molar-refractivity contribution in [3.05, 3.63) is 24.0 Å². The highest BCUT2D eigenvalue weighted by Crippen LogP contribution is 2.39. The maximum absolute atomic E-state index is 14.0. The molecule has 2 heterocycles. The molecule has 2 fully saturated rings. The average molecular weight is 473 g/mol. The van der Waals surface area contributed by atoms with Crippen LogP contribution in [0, 0.1) is 17.7 Å². The van der Waals surface area contributed by atoms with Crippen molar-refractivity contribution in [3.8, 4) is 17.5 Å². The summed E-state index contributed by atoms with van der Waals surface area (Å²) in [6.45, 7) is 4.54. The Labute approximate surface area is 186 Å². The number of anilines is 1. The lowest BCUT2D eigenvalue weighted by molar-refractivity contribution is -0.275. The third kappa shape index (κ3) is 5.06. The number of hydrogen-bond acceptors (Lipinski definition) is 6. The van der Waals surface area contributed by atoms with Crippen molar-refractivity contribution in [2.24, 2.45) is 11.8 Å². The highest BCUT2D eigenvalue weighted by Gasteiger charge is 2.44. The van der Waals surface area contributed by atoms with Crippen LogP contribution in [0.5, 0.6) is 17.5 Å². The Hall–Kier alpha value is -3.25. The van der Waals surface area contributed by atoms with Gasteiger partial charge in [-0.1, -0.05) is 0 Å². The van der Waals surface area contributed by atoms with Gasteiger partial charge in [-0.3, -0.25) is 0 Å². The van der Waals surface area contributed by atoms with E-state index in [1.165, 1.54) is 9.58 Å². The predicted octanol–water partition coefficient (Wildman–Crippen LogP) is 4.49. The summed E-state index contributed by atoms with van der Waals surface area (Å²) >= 11 is 0. The van der Waals surface area contributed by atoms with Crippen LogP contribution in [-0.4, -0.2) is 56.4 Å². The van der Waals surface area contributed by atoms with Crippen molar-refractivity contribution in [3.63, 3.8) is 0 Å². The molecule has 1 aromatic heterocycles. The zero-order valence-corrected chi connectivity index (χ0v) is 17.8. The first-order chi connectivity index (χ1) is 15.5. The number of nitrogens with one attached hydrogen (secondary N) is 1. The molecule has 1 saturated carbocycles. The predicted molar refractivity (Wildman–Crippen MR) is 107 cm³/mol. The quantitative estimate of drug-likeness (QED) is 0.596. The molecule has 2 bridgehead atoms. The second kappa shape index (κ2) is 8.60. The summed E-state index contributed by atoms with van der Waals surface area (Å²) in [4.78, 5) is 17.1. The molecule has 13 heteroatoms. The van der Waals surface area contributed by atoms with Gasteiger partial charge in [0.15, 0.2) is 11.6 Å². The van der Waals surface area contributed by atoms with E-state index >= 15 is 0 Å². The fourth-order valence-corrected chi connectivity index (χ4v) is 4.40. The van der Waals surface area contributed by atoms with E-state index in [4.69, 9.17) is 4.74 Å². The van der Waals surface area contributed by atoms with Crippen LogP contribution in [-0.2, 0) is 0 Å². The van der Waals surface area contributed by atoms with Crippen molar-refractivity contribution in [2.45, 2.75) is 45.1 Å². The van der Waals surface area contributed by atoms with E-state index in [2.05, 4.69) is 20.1 Å². The van der Waals surface area contributed by atoms with E-state index in [1.54, 1.807) is 0 Å². The maximum atomic E-state index is 14.0. The first kappa shape index (κ1) is 22.9. The minimum Gasteiger partial charge on any atom is -0.465 e. The third-order valence-corrected chi connectivity index (χ3v) is 5.83. The van der Waals surface area contributed by atoms with Gasteiger partial charge < -0.3 is 24.8 Å². The number of hydrogen-bond donors (Lipinski definition) is 2. The van der Waals surface area contributed by atoms with Crippen molar-refractivity contribution < 1.29 is 36.9 Å². The SMILES string of the molecule is CC(C)n1nc(N[C@H]2[C@@H]3CC[C@H]2CN(C(=O)O)C3)nc1Oc1ccc(OC(F)(F)F)c(F)c1. The van der Waals surface area contributed by atoms with Gasteiger partial charge in [-0.25, -0.2) is 13.9 Å². The molecule has 1 saturated heterocycles. The molecule has 3 atom stereocenters. The fraction of sp³-hybridized carbons (Fsp3) is 0.550. The zero-order valence-electron chi connectivity index (χ0n) is 17.8. The minimum atomic E-state index is -5.01. The maximum Gasteiger partial charge on any atom is 0.573 e. The number of carboxylic acid groups (broad SMARTS) is 1. The van der Waals surface area contributed by atoms with E-state index in [0.29, 0.717) is 13.1 Å². The minimum absolute atomic E-state index is 0.00714. The molecule has 0 unspecified atom stereocenters. The number of rotatable bonds is 6. The summed E-state index contributed by atoms with van der Waals surface area (Å²) in [5.41, 5.74) is 0. The van der Waals surface area contributed by atoms with Crippen LogP contribution in [0.2, 0.25) is 0 Å². The number of nitrogens with zero attached hydrogens (tertiary/aromatic N) is 4. The number of aromatic nitrogens is 3. The van der Waals surface area contributed by atoms with Crippen molar-refractivity contribution in [1.82, 2.24) is 19.7 Å². The smallest absolute Gasteiger partial charge is 0.465 e. The van der Waals surface area contributed by atoms with Crippen molar-refractivity contribution >= 4 is 12.0 Å². The highest BCUT2D eigenvalue weighted by atomic mass is 19.4. The molecule has 33 heavy (non-hydrogen) atoms. The van der Waals surface area contributed by atoms with Gasteiger partial charge in [0.25, 0.3) is 0 Å². The Kier molecular flexibility index (Phi) is 5.97. The van der Waals surface area contributed by atoms with Gasteiger partial charge in [0.05, 0.1) is 6.04 Å². The molecule has 2 N–H and O–H groups in total. The van der Waals surface area contributed by atoms with Crippen LogP contribution < -0.4 is 14.8 Å². The summed E-state index contributed by atoms with van der Waals surface area (Å²) in [7, 11) is 0. The van der Waals surface area contributed by atoms with Gasteiger partial charge in [0, 0.05) is 25.2 Å². The fourth-order valence-electron chi connectivity index (χ4n) is 4.40. The van der Waals surface area contributed by atoms with E-state index in [-0.39, 0.29) is 41.6 Å². The molecular weight excluding hydrogens is 450 g/mol. The molecule has 1 aromatic carbocycles. The van der Waals surface area contributed by atoms with Crippen LogP contribution in [0.4, 0.5) is 28.3 Å². The van der Waals surface area contributed by atoms with Gasteiger partial charge in [-0.15, -0.1) is 18.3 Å². The molecule has 0 radical (unpaired) electrons. The molecule has 9 nitrogen and oxygen atoms in total. The lowest BCUT2D eigenvalue weighted by Crippen LogP contribution is -2.49. The Bertz CT molecular complexity index is 1010. The molecule has 1 amide bonds. The summed E-state index contributed by atoms with van der Waals surface area (Å²) in [6, 6.07) is 2.60. The van der Waals surface area contributed by atoms with Crippen LogP contribution in [0.25, 0.3) is 0 Å². The monoisotopic (exact) mass is 473 g/mol. The van der Waals surface area contributed by atoms with Gasteiger partial charge >= 0.3 is 18.5 Å². The first-order valence-corrected chi connectivity index (χ1v) is 10.4.